The molecule has 0 radical (unpaired) electrons. The second kappa shape index (κ2) is 9.73. The highest BCUT2D eigenvalue weighted by atomic mass is 16.5. The molecular formula is C14H29NO3. The molecule has 1 aliphatic rings. The van der Waals surface area contributed by atoms with Gasteiger partial charge in [-0.3, -0.25) is 0 Å². The highest BCUT2D eigenvalue weighted by Gasteiger charge is 2.31. The Bertz CT molecular complexity index is 179. The van der Waals surface area contributed by atoms with Crippen molar-refractivity contribution in [3.05, 3.63) is 0 Å². The molecule has 0 saturated carbocycles. The summed E-state index contributed by atoms with van der Waals surface area (Å²) in [6, 6.07) is 0. The molecule has 1 rings (SSSR count). The van der Waals surface area contributed by atoms with Gasteiger partial charge >= 0.3 is 0 Å². The monoisotopic (exact) mass is 259 g/mol. The van der Waals surface area contributed by atoms with E-state index in [0.717, 1.165) is 45.9 Å². The third kappa shape index (κ3) is 6.14. The SMILES string of the molecule is COCCCCC1(CNCCOC)CCCOC1. The minimum absolute atomic E-state index is 0.333. The fraction of sp³-hybridized carbons (Fsp3) is 1.00. The zero-order chi connectivity index (χ0) is 13.1. The van der Waals surface area contributed by atoms with Crippen LogP contribution in [0.5, 0.6) is 0 Å². The Morgan fingerprint density at radius 2 is 2.00 bits per heavy atom. The lowest BCUT2D eigenvalue weighted by Crippen LogP contribution is -2.42. The first-order valence-corrected chi connectivity index (χ1v) is 7.09. The van der Waals surface area contributed by atoms with E-state index in [-0.39, 0.29) is 0 Å². The summed E-state index contributed by atoms with van der Waals surface area (Å²) in [5, 5.41) is 3.50. The predicted molar refractivity (Wildman–Crippen MR) is 73.0 cm³/mol. The lowest BCUT2D eigenvalue weighted by molar-refractivity contribution is -0.0145. The van der Waals surface area contributed by atoms with Crippen LogP contribution in [0.2, 0.25) is 0 Å². The van der Waals surface area contributed by atoms with Gasteiger partial charge in [-0.25, -0.2) is 0 Å². The predicted octanol–water partition coefficient (Wildman–Crippen LogP) is 1.84. The van der Waals surface area contributed by atoms with E-state index in [1.165, 1.54) is 25.7 Å². The van der Waals surface area contributed by atoms with E-state index in [1.54, 1.807) is 14.2 Å². The van der Waals surface area contributed by atoms with Crippen LogP contribution in [0.15, 0.2) is 0 Å². The minimum atomic E-state index is 0.333. The van der Waals surface area contributed by atoms with E-state index in [2.05, 4.69) is 5.32 Å². The maximum Gasteiger partial charge on any atom is 0.0587 e. The van der Waals surface area contributed by atoms with E-state index >= 15 is 0 Å². The van der Waals surface area contributed by atoms with Gasteiger partial charge in [0.15, 0.2) is 0 Å². The highest BCUT2D eigenvalue weighted by Crippen LogP contribution is 2.33. The van der Waals surface area contributed by atoms with Crippen LogP contribution < -0.4 is 5.32 Å². The number of methoxy groups -OCH3 is 2. The van der Waals surface area contributed by atoms with Gasteiger partial charge in [-0.2, -0.15) is 0 Å². The molecule has 1 N–H and O–H groups in total. The Hall–Kier alpha value is -0.160. The molecule has 4 heteroatoms. The number of hydrogen-bond acceptors (Lipinski definition) is 4. The van der Waals surface area contributed by atoms with Gasteiger partial charge in [0, 0.05) is 45.9 Å². The van der Waals surface area contributed by atoms with Crippen molar-refractivity contribution in [3.63, 3.8) is 0 Å². The molecule has 1 atom stereocenters. The largest absolute Gasteiger partial charge is 0.385 e. The van der Waals surface area contributed by atoms with Gasteiger partial charge in [0.1, 0.15) is 0 Å². The minimum Gasteiger partial charge on any atom is -0.385 e. The van der Waals surface area contributed by atoms with Crippen molar-refractivity contribution in [1.29, 1.82) is 0 Å². The molecule has 1 heterocycles. The third-order valence-electron chi connectivity index (χ3n) is 3.69. The molecule has 108 valence electrons. The Balaban J connectivity index is 2.27. The summed E-state index contributed by atoms with van der Waals surface area (Å²) in [5.74, 6) is 0. The molecule has 0 aromatic carbocycles. The van der Waals surface area contributed by atoms with Gasteiger partial charge in [0.25, 0.3) is 0 Å². The maximum absolute atomic E-state index is 5.70. The van der Waals surface area contributed by atoms with Gasteiger partial charge in [-0.15, -0.1) is 0 Å². The van der Waals surface area contributed by atoms with E-state index in [1.807, 2.05) is 0 Å². The summed E-state index contributed by atoms with van der Waals surface area (Å²) in [6.07, 6.45) is 6.08. The lowest BCUT2D eigenvalue weighted by atomic mass is 9.78. The van der Waals surface area contributed by atoms with Crippen molar-refractivity contribution in [3.8, 4) is 0 Å². The second-order valence-corrected chi connectivity index (χ2v) is 5.28. The summed E-state index contributed by atoms with van der Waals surface area (Å²) in [4.78, 5) is 0. The molecule has 0 aromatic heterocycles. The first kappa shape index (κ1) is 15.9. The van der Waals surface area contributed by atoms with Crippen molar-refractivity contribution < 1.29 is 14.2 Å². The molecule has 1 unspecified atom stereocenters. The van der Waals surface area contributed by atoms with Crippen molar-refractivity contribution in [2.24, 2.45) is 5.41 Å². The van der Waals surface area contributed by atoms with Crippen LogP contribution in [0, 0.1) is 5.41 Å². The van der Waals surface area contributed by atoms with Crippen molar-refractivity contribution in [2.75, 3.05) is 53.7 Å². The van der Waals surface area contributed by atoms with Gasteiger partial charge in [0.05, 0.1) is 13.2 Å². The van der Waals surface area contributed by atoms with Crippen LogP contribution in [0.25, 0.3) is 0 Å². The molecule has 1 saturated heterocycles. The first-order valence-electron chi connectivity index (χ1n) is 7.09. The van der Waals surface area contributed by atoms with Crippen molar-refractivity contribution in [2.45, 2.75) is 32.1 Å². The van der Waals surface area contributed by atoms with E-state index < -0.39 is 0 Å². The smallest absolute Gasteiger partial charge is 0.0587 e. The van der Waals surface area contributed by atoms with Crippen LogP contribution in [0.3, 0.4) is 0 Å². The van der Waals surface area contributed by atoms with Gasteiger partial charge in [0.2, 0.25) is 0 Å². The molecule has 0 bridgehead atoms. The molecule has 0 aliphatic carbocycles. The average molecular weight is 259 g/mol. The van der Waals surface area contributed by atoms with E-state index in [9.17, 15) is 0 Å². The number of unbranched alkanes of at least 4 members (excludes halogenated alkanes) is 1. The highest BCUT2D eigenvalue weighted by molar-refractivity contribution is 4.84. The summed E-state index contributed by atoms with van der Waals surface area (Å²) < 4.78 is 15.9. The molecule has 0 spiro atoms. The fourth-order valence-electron chi connectivity index (χ4n) is 2.61. The zero-order valence-electron chi connectivity index (χ0n) is 12.0. The second-order valence-electron chi connectivity index (χ2n) is 5.28. The summed E-state index contributed by atoms with van der Waals surface area (Å²) in [7, 11) is 3.51. The molecule has 18 heavy (non-hydrogen) atoms. The Morgan fingerprint density at radius 3 is 2.67 bits per heavy atom. The summed E-state index contributed by atoms with van der Waals surface area (Å²) in [5.41, 5.74) is 0.333. The van der Waals surface area contributed by atoms with Gasteiger partial charge < -0.3 is 19.5 Å². The van der Waals surface area contributed by atoms with Crippen LogP contribution >= 0.6 is 0 Å². The topological polar surface area (TPSA) is 39.7 Å². The molecule has 4 nitrogen and oxygen atoms in total. The van der Waals surface area contributed by atoms with Gasteiger partial charge in [-0.1, -0.05) is 6.42 Å². The fourth-order valence-corrected chi connectivity index (χ4v) is 2.61. The Kier molecular flexibility index (Phi) is 8.59. The van der Waals surface area contributed by atoms with Crippen LogP contribution in [-0.4, -0.2) is 53.7 Å². The Labute approximate surface area is 111 Å². The molecule has 1 aliphatic heterocycles. The lowest BCUT2D eigenvalue weighted by Gasteiger charge is -2.37. The van der Waals surface area contributed by atoms with Gasteiger partial charge in [-0.05, 0) is 25.7 Å². The standard InChI is InChI=1S/C14H29NO3/c1-16-9-4-3-6-14(7-5-10-18-13-14)12-15-8-11-17-2/h15H,3-13H2,1-2H3. The van der Waals surface area contributed by atoms with E-state index in [4.69, 9.17) is 14.2 Å². The van der Waals surface area contributed by atoms with Crippen molar-refractivity contribution >= 4 is 0 Å². The average Bonchev–Trinajstić information content (AvgIpc) is 2.41. The molecule has 1 fully saturated rings. The van der Waals surface area contributed by atoms with E-state index in [0.29, 0.717) is 5.41 Å². The maximum atomic E-state index is 5.70. The molecular weight excluding hydrogens is 230 g/mol. The van der Waals surface area contributed by atoms with Crippen LogP contribution in [-0.2, 0) is 14.2 Å². The van der Waals surface area contributed by atoms with Crippen LogP contribution in [0.4, 0.5) is 0 Å². The number of nitrogens with one attached hydrogen (secondary N) is 1. The summed E-state index contributed by atoms with van der Waals surface area (Å²) >= 11 is 0. The quantitative estimate of drug-likeness (QED) is 0.608. The van der Waals surface area contributed by atoms with Crippen LogP contribution in [0.1, 0.15) is 32.1 Å². The molecule has 0 aromatic rings. The summed E-state index contributed by atoms with van der Waals surface area (Å²) in [6.45, 7) is 5.45. The molecule has 0 amide bonds. The number of ether oxygens (including phenoxy) is 3. The van der Waals surface area contributed by atoms with Crippen molar-refractivity contribution in [1.82, 2.24) is 5.32 Å². The number of rotatable bonds is 10. The zero-order valence-corrected chi connectivity index (χ0v) is 12.0. The normalized spacial score (nSPS) is 24.3. The number of hydrogen-bond donors (Lipinski definition) is 1. The Morgan fingerprint density at radius 1 is 1.17 bits per heavy atom. The third-order valence-corrected chi connectivity index (χ3v) is 3.69. The first-order chi connectivity index (χ1) is 8.83.